The Hall–Kier alpha value is -2.67. The molecule has 3 N–H and O–H groups in total. The predicted molar refractivity (Wildman–Crippen MR) is 92.4 cm³/mol. The lowest BCUT2D eigenvalue weighted by Gasteiger charge is -2.09. The number of benzene rings is 1. The number of aromatic nitrogens is 1. The highest BCUT2D eigenvalue weighted by Crippen LogP contribution is 2.24. The predicted octanol–water partition coefficient (Wildman–Crippen LogP) is 1.23. The number of aromatic hydroxyl groups is 1. The Morgan fingerprint density at radius 1 is 1.50 bits per heavy atom. The van der Waals surface area contributed by atoms with Crippen LogP contribution in [-0.2, 0) is 7.05 Å². The van der Waals surface area contributed by atoms with E-state index in [-0.39, 0.29) is 16.9 Å². The Labute approximate surface area is 132 Å². The average Bonchev–Trinajstić information content (AvgIpc) is 2.54. The zero-order chi connectivity index (χ0) is 16.1. The quantitative estimate of drug-likeness (QED) is 0.342. The molecular weight excluding hydrogens is 300 g/mol. The number of hydrogen-bond donors (Lipinski definition) is 3. The number of rotatable bonds is 4. The van der Waals surface area contributed by atoms with Gasteiger partial charge in [-0.05, 0) is 24.4 Å². The summed E-state index contributed by atoms with van der Waals surface area (Å²) in [6.07, 6.45) is 2.91. The molecule has 1 heterocycles. The zero-order valence-electron chi connectivity index (χ0n) is 12.0. The number of fused-ring (bicyclic) bond motifs is 1. The second kappa shape index (κ2) is 6.86. The van der Waals surface area contributed by atoms with Crippen molar-refractivity contribution in [3.63, 3.8) is 0 Å². The van der Waals surface area contributed by atoms with Crippen LogP contribution < -0.4 is 16.3 Å². The summed E-state index contributed by atoms with van der Waals surface area (Å²) in [6.45, 7) is 4.06. The molecule has 1 aromatic heterocycles. The molecule has 0 aliphatic rings. The van der Waals surface area contributed by atoms with E-state index in [4.69, 9.17) is 12.2 Å². The van der Waals surface area contributed by atoms with E-state index in [1.54, 1.807) is 37.4 Å². The molecule has 0 radical (unpaired) electrons. The van der Waals surface area contributed by atoms with Gasteiger partial charge in [-0.15, -0.1) is 6.58 Å². The SMILES string of the molecule is C=CCNC(=S)N/N=C/c1c(O)c2ccccc2n(C)c1=O. The van der Waals surface area contributed by atoms with Crippen LogP contribution in [0.1, 0.15) is 5.56 Å². The molecule has 6 nitrogen and oxygen atoms in total. The molecule has 0 aliphatic carbocycles. The third kappa shape index (κ3) is 3.15. The minimum Gasteiger partial charge on any atom is -0.506 e. The van der Waals surface area contributed by atoms with Gasteiger partial charge in [-0.2, -0.15) is 5.10 Å². The summed E-state index contributed by atoms with van der Waals surface area (Å²) < 4.78 is 1.46. The summed E-state index contributed by atoms with van der Waals surface area (Å²) in [5, 5.41) is 17.9. The van der Waals surface area contributed by atoms with Crippen LogP contribution in [0, 0.1) is 0 Å². The van der Waals surface area contributed by atoms with Crippen molar-refractivity contribution in [2.75, 3.05) is 6.54 Å². The molecule has 0 amide bonds. The molecule has 0 atom stereocenters. The third-order valence-corrected chi connectivity index (χ3v) is 3.31. The normalized spacial score (nSPS) is 10.8. The van der Waals surface area contributed by atoms with Gasteiger partial charge < -0.3 is 15.0 Å². The molecule has 0 saturated carbocycles. The molecule has 0 spiro atoms. The van der Waals surface area contributed by atoms with Gasteiger partial charge >= 0.3 is 0 Å². The average molecular weight is 316 g/mol. The minimum absolute atomic E-state index is 0.0974. The fourth-order valence-electron chi connectivity index (χ4n) is 1.98. The monoisotopic (exact) mass is 316 g/mol. The molecule has 0 bridgehead atoms. The number of hydrazone groups is 1. The van der Waals surface area contributed by atoms with Crippen LogP contribution >= 0.6 is 12.2 Å². The second-order valence-electron chi connectivity index (χ2n) is 4.51. The van der Waals surface area contributed by atoms with E-state index in [0.29, 0.717) is 22.6 Å². The number of hydrogen-bond acceptors (Lipinski definition) is 4. The van der Waals surface area contributed by atoms with E-state index < -0.39 is 0 Å². The molecule has 22 heavy (non-hydrogen) atoms. The Kier molecular flexibility index (Phi) is 4.90. The lowest BCUT2D eigenvalue weighted by Crippen LogP contribution is -2.32. The van der Waals surface area contributed by atoms with Crippen LogP contribution in [0.3, 0.4) is 0 Å². The van der Waals surface area contributed by atoms with Crippen LogP contribution in [0.5, 0.6) is 5.75 Å². The van der Waals surface area contributed by atoms with Crippen molar-refractivity contribution in [2.45, 2.75) is 0 Å². The summed E-state index contributed by atoms with van der Waals surface area (Å²) in [4.78, 5) is 12.3. The first-order valence-electron chi connectivity index (χ1n) is 6.54. The number of aryl methyl sites for hydroxylation is 1. The highest BCUT2D eigenvalue weighted by molar-refractivity contribution is 7.80. The number of para-hydroxylation sites is 1. The molecule has 0 fully saturated rings. The molecule has 0 saturated heterocycles. The van der Waals surface area contributed by atoms with Gasteiger partial charge in [0.25, 0.3) is 5.56 Å². The molecule has 2 rings (SSSR count). The maximum absolute atomic E-state index is 12.3. The summed E-state index contributed by atoms with van der Waals surface area (Å²) in [5.74, 6) is -0.103. The molecule has 114 valence electrons. The molecule has 0 unspecified atom stereocenters. The van der Waals surface area contributed by atoms with Crippen molar-refractivity contribution in [1.82, 2.24) is 15.3 Å². The Morgan fingerprint density at radius 2 is 2.23 bits per heavy atom. The Morgan fingerprint density at radius 3 is 2.95 bits per heavy atom. The van der Waals surface area contributed by atoms with Gasteiger partial charge in [0.1, 0.15) is 11.3 Å². The summed E-state index contributed by atoms with van der Waals surface area (Å²) in [5.41, 5.74) is 2.98. The van der Waals surface area contributed by atoms with Crippen molar-refractivity contribution >= 4 is 34.4 Å². The van der Waals surface area contributed by atoms with Crippen molar-refractivity contribution < 1.29 is 5.11 Å². The van der Waals surface area contributed by atoms with Crippen LogP contribution in [0.25, 0.3) is 10.9 Å². The van der Waals surface area contributed by atoms with Crippen LogP contribution in [-0.4, -0.2) is 27.5 Å². The summed E-state index contributed by atoms with van der Waals surface area (Å²) in [7, 11) is 1.64. The van der Waals surface area contributed by atoms with Gasteiger partial charge in [0.15, 0.2) is 5.11 Å². The van der Waals surface area contributed by atoms with Gasteiger partial charge in [-0.25, -0.2) is 0 Å². The minimum atomic E-state index is -0.341. The number of nitrogens with zero attached hydrogens (tertiary/aromatic N) is 2. The highest BCUT2D eigenvalue weighted by atomic mass is 32.1. The van der Waals surface area contributed by atoms with Crippen molar-refractivity contribution in [1.29, 1.82) is 0 Å². The van der Waals surface area contributed by atoms with E-state index in [1.807, 2.05) is 0 Å². The Balaban J connectivity index is 2.34. The van der Waals surface area contributed by atoms with E-state index in [0.717, 1.165) is 0 Å². The van der Waals surface area contributed by atoms with Gasteiger partial charge in [0.2, 0.25) is 0 Å². The summed E-state index contributed by atoms with van der Waals surface area (Å²) in [6, 6.07) is 7.11. The van der Waals surface area contributed by atoms with Gasteiger partial charge in [0.05, 0.1) is 11.7 Å². The first-order chi connectivity index (χ1) is 10.6. The fraction of sp³-hybridized carbons (Fsp3) is 0.133. The lowest BCUT2D eigenvalue weighted by molar-refractivity contribution is 0.478. The second-order valence-corrected chi connectivity index (χ2v) is 4.92. The molecular formula is C15H16N4O2S. The van der Waals surface area contributed by atoms with E-state index in [2.05, 4.69) is 22.4 Å². The molecule has 1 aromatic carbocycles. The smallest absolute Gasteiger partial charge is 0.263 e. The number of pyridine rings is 1. The van der Waals surface area contributed by atoms with Gasteiger partial charge in [-0.3, -0.25) is 10.2 Å². The molecule has 0 aliphatic heterocycles. The van der Waals surface area contributed by atoms with E-state index in [1.165, 1.54) is 10.8 Å². The van der Waals surface area contributed by atoms with E-state index >= 15 is 0 Å². The number of nitrogens with one attached hydrogen (secondary N) is 2. The largest absolute Gasteiger partial charge is 0.506 e. The summed E-state index contributed by atoms with van der Waals surface area (Å²) >= 11 is 4.97. The maximum Gasteiger partial charge on any atom is 0.263 e. The van der Waals surface area contributed by atoms with Crippen LogP contribution in [0.4, 0.5) is 0 Å². The topological polar surface area (TPSA) is 78.7 Å². The standard InChI is InChI=1S/C15H16N4O2S/c1-3-8-16-15(22)18-17-9-11-13(20)10-6-4-5-7-12(10)19(2)14(11)21/h3-7,9,20H,1,8H2,2H3,(H2,16,18,22)/b17-9+. The zero-order valence-corrected chi connectivity index (χ0v) is 12.9. The Bertz CT molecular complexity index is 811. The van der Waals surface area contributed by atoms with Crippen molar-refractivity contribution in [3.05, 3.63) is 52.8 Å². The molecule has 2 aromatic rings. The maximum atomic E-state index is 12.3. The van der Waals surface area contributed by atoms with Crippen LogP contribution in [0.15, 0.2) is 46.8 Å². The fourth-order valence-corrected chi connectivity index (χ4v) is 2.12. The molecule has 7 heteroatoms. The first-order valence-corrected chi connectivity index (χ1v) is 6.95. The lowest BCUT2D eigenvalue weighted by atomic mass is 10.1. The van der Waals surface area contributed by atoms with Gasteiger partial charge in [-0.1, -0.05) is 18.2 Å². The van der Waals surface area contributed by atoms with Crippen molar-refractivity contribution in [2.24, 2.45) is 12.1 Å². The van der Waals surface area contributed by atoms with Crippen molar-refractivity contribution in [3.8, 4) is 5.75 Å². The van der Waals surface area contributed by atoms with Crippen LogP contribution in [0.2, 0.25) is 0 Å². The van der Waals surface area contributed by atoms with Gasteiger partial charge in [0, 0.05) is 19.0 Å². The highest BCUT2D eigenvalue weighted by Gasteiger charge is 2.12. The third-order valence-electron chi connectivity index (χ3n) is 3.08. The first kappa shape index (κ1) is 15.7. The van der Waals surface area contributed by atoms with E-state index in [9.17, 15) is 9.90 Å². The number of thiocarbonyl (C=S) groups is 1.